The number of hydrogen-bond donors (Lipinski definition) is 3. The van der Waals surface area contributed by atoms with Crippen molar-refractivity contribution >= 4 is 11.6 Å². The fourth-order valence-corrected chi connectivity index (χ4v) is 3.00. The Morgan fingerprint density at radius 2 is 1.77 bits per heavy atom. The van der Waals surface area contributed by atoms with Gasteiger partial charge in [0.25, 0.3) is 5.91 Å². The summed E-state index contributed by atoms with van der Waals surface area (Å²) in [5.41, 5.74) is 4.38. The Bertz CT molecular complexity index is 846. The summed E-state index contributed by atoms with van der Waals surface area (Å²) < 4.78 is 10.9. The molecule has 1 atom stereocenters. The van der Waals surface area contributed by atoms with Gasteiger partial charge in [-0.1, -0.05) is 0 Å². The molecule has 0 spiro atoms. The van der Waals surface area contributed by atoms with Crippen LogP contribution in [-0.4, -0.2) is 72.3 Å². The second-order valence-corrected chi connectivity index (χ2v) is 7.09. The number of aliphatic hydroxyl groups is 1. The van der Waals surface area contributed by atoms with Crippen molar-refractivity contribution in [1.82, 2.24) is 10.3 Å². The average molecular weight is 413 g/mol. The summed E-state index contributed by atoms with van der Waals surface area (Å²) in [7, 11) is 0. The van der Waals surface area contributed by atoms with Crippen LogP contribution in [0.1, 0.15) is 22.8 Å². The molecule has 0 bridgehead atoms. The number of benzene rings is 2. The smallest absolute Gasteiger partial charge is 0.271 e. The lowest BCUT2D eigenvalue weighted by Crippen LogP contribution is -2.42. The molecule has 160 valence electrons. The van der Waals surface area contributed by atoms with Gasteiger partial charge in [-0.3, -0.25) is 9.69 Å². The van der Waals surface area contributed by atoms with Gasteiger partial charge in [-0.2, -0.15) is 5.10 Å². The molecule has 0 unspecified atom stereocenters. The van der Waals surface area contributed by atoms with Gasteiger partial charge in [0.05, 0.1) is 18.9 Å². The summed E-state index contributed by atoms with van der Waals surface area (Å²) in [6, 6.07) is 13.2. The number of nitrogens with zero attached hydrogens (tertiary/aromatic N) is 2. The molecular weight excluding hydrogens is 386 g/mol. The highest BCUT2D eigenvalue weighted by atomic mass is 16.5. The van der Waals surface area contributed by atoms with E-state index in [1.54, 1.807) is 55.5 Å². The van der Waals surface area contributed by atoms with Gasteiger partial charge in [-0.05, 0) is 61.0 Å². The maximum absolute atomic E-state index is 12.3. The van der Waals surface area contributed by atoms with Crippen LogP contribution in [-0.2, 0) is 4.74 Å². The molecule has 1 fully saturated rings. The minimum Gasteiger partial charge on any atom is -0.508 e. The quantitative estimate of drug-likeness (QED) is 0.449. The number of nitrogens with one attached hydrogen (secondary N) is 1. The van der Waals surface area contributed by atoms with E-state index in [2.05, 4.69) is 15.4 Å². The van der Waals surface area contributed by atoms with Crippen molar-refractivity contribution in [1.29, 1.82) is 0 Å². The first-order valence-electron chi connectivity index (χ1n) is 9.86. The molecule has 8 nitrogen and oxygen atoms in total. The molecule has 2 aromatic rings. The number of aromatic hydroxyl groups is 1. The third kappa shape index (κ3) is 6.55. The van der Waals surface area contributed by atoms with Crippen LogP contribution in [0.15, 0.2) is 53.6 Å². The number of ether oxygens (including phenoxy) is 2. The van der Waals surface area contributed by atoms with Crippen molar-refractivity contribution in [3.63, 3.8) is 0 Å². The molecule has 1 amide bonds. The third-order valence-corrected chi connectivity index (χ3v) is 4.74. The standard InChI is InChI=1S/C22H27N3O5/c1-16(17-2-6-19(26)7-3-17)23-24-22(28)18-4-8-21(9-5-18)30-15-20(27)14-25-10-12-29-13-11-25/h2-9,20,26-27H,10-15H2,1H3,(H,24,28)/b23-16+/t20-/m0/s1. The van der Waals surface area contributed by atoms with Gasteiger partial charge in [-0.25, -0.2) is 5.43 Å². The normalized spacial score (nSPS) is 16.1. The summed E-state index contributed by atoms with van der Waals surface area (Å²) in [6.45, 7) is 5.50. The molecule has 1 aliphatic rings. The van der Waals surface area contributed by atoms with Gasteiger partial charge < -0.3 is 19.7 Å². The van der Waals surface area contributed by atoms with E-state index in [9.17, 15) is 15.0 Å². The summed E-state index contributed by atoms with van der Waals surface area (Å²) in [5.74, 6) is 0.412. The summed E-state index contributed by atoms with van der Waals surface area (Å²) in [6.07, 6.45) is -0.594. The molecule has 1 heterocycles. The number of carbonyl (C=O) groups is 1. The molecule has 0 saturated carbocycles. The second-order valence-electron chi connectivity index (χ2n) is 7.09. The number of phenolic OH excluding ortho intramolecular Hbond substituents is 1. The number of rotatable bonds is 8. The minimum atomic E-state index is -0.594. The molecule has 2 aromatic carbocycles. The molecule has 1 saturated heterocycles. The van der Waals surface area contributed by atoms with E-state index in [4.69, 9.17) is 9.47 Å². The first kappa shape index (κ1) is 21.8. The molecule has 1 aliphatic heterocycles. The number of phenols is 1. The van der Waals surface area contributed by atoms with E-state index in [-0.39, 0.29) is 18.3 Å². The predicted octanol–water partition coefficient (Wildman–Crippen LogP) is 1.62. The van der Waals surface area contributed by atoms with E-state index in [1.807, 2.05) is 0 Å². The van der Waals surface area contributed by atoms with Crippen LogP contribution in [0.5, 0.6) is 11.5 Å². The van der Waals surface area contributed by atoms with Gasteiger partial charge in [0.1, 0.15) is 24.2 Å². The molecule has 30 heavy (non-hydrogen) atoms. The van der Waals surface area contributed by atoms with E-state index < -0.39 is 6.10 Å². The SMILES string of the molecule is C/C(=N\NC(=O)c1ccc(OC[C@@H](O)CN2CCOCC2)cc1)c1ccc(O)cc1. The summed E-state index contributed by atoms with van der Waals surface area (Å²) >= 11 is 0. The molecule has 0 aliphatic carbocycles. The maximum atomic E-state index is 12.3. The molecule has 0 aromatic heterocycles. The maximum Gasteiger partial charge on any atom is 0.271 e. The van der Waals surface area contributed by atoms with Crippen LogP contribution in [0.2, 0.25) is 0 Å². The summed E-state index contributed by atoms with van der Waals surface area (Å²) in [4.78, 5) is 14.4. The zero-order valence-corrected chi connectivity index (χ0v) is 17.0. The lowest BCUT2D eigenvalue weighted by atomic mass is 10.1. The topological polar surface area (TPSA) is 104 Å². The molecule has 8 heteroatoms. The number of aliphatic hydroxyl groups excluding tert-OH is 1. The van der Waals surface area contributed by atoms with Crippen LogP contribution in [0.4, 0.5) is 0 Å². The lowest BCUT2D eigenvalue weighted by molar-refractivity contribution is 0.00465. The van der Waals surface area contributed by atoms with E-state index in [0.29, 0.717) is 36.8 Å². The first-order chi connectivity index (χ1) is 14.5. The van der Waals surface area contributed by atoms with Crippen LogP contribution < -0.4 is 10.2 Å². The average Bonchev–Trinajstić information content (AvgIpc) is 2.77. The number of carbonyl (C=O) groups excluding carboxylic acids is 1. The van der Waals surface area contributed by atoms with Gasteiger partial charge in [0.2, 0.25) is 0 Å². The van der Waals surface area contributed by atoms with Crippen molar-refractivity contribution in [3.05, 3.63) is 59.7 Å². The molecule has 3 N–H and O–H groups in total. The monoisotopic (exact) mass is 413 g/mol. The Hall–Kier alpha value is -2.94. The van der Waals surface area contributed by atoms with Gasteiger partial charge in [0.15, 0.2) is 0 Å². The first-order valence-corrected chi connectivity index (χ1v) is 9.86. The van der Waals surface area contributed by atoms with Gasteiger partial charge in [-0.15, -0.1) is 0 Å². The van der Waals surface area contributed by atoms with Gasteiger partial charge >= 0.3 is 0 Å². The van der Waals surface area contributed by atoms with E-state index in [0.717, 1.165) is 18.7 Å². The Balaban J connectivity index is 1.46. The van der Waals surface area contributed by atoms with Crippen LogP contribution in [0, 0.1) is 0 Å². The highest BCUT2D eigenvalue weighted by Gasteiger charge is 2.15. The van der Waals surface area contributed by atoms with Crippen LogP contribution in [0.25, 0.3) is 0 Å². The lowest BCUT2D eigenvalue weighted by Gasteiger charge is -2.28. The fourth-order valence-electron chi connectivity index (χ4n) is 3.00. The number of β-amino-alcohol motifs (C(OH)–C–C–N with tert-alkyl or cyclic N) is 1. The Morgan fingerprint density at radius 1 is 1.13 bits per heavy atom. The Labute approximate surface area is 175 Å². The Morgan fingerprint density at radius 3 is 2.43 bits per heavy atom. The second kappa shape index (κ2) is 10.7. The highest BCUT2D eigenvalue weighted by Crippen LogP contribution is 2.13. The number of hydrazone groups is 1. The molecule has 0 radical (unpaired) electrons. The number of amides is 1. The Kier molecular flexibility index (Phi) is 7.78. The van der Waals surface area contributed by atoms with Crippen molar-refractivity contribution in [2.45, 2.75) is 13.0 Å². The molecule has 3 rings (SSSR count). The van der Waals surface area contributed by atoms with E-state index in [1.165, 1.54) is 0 Å². The van der Waals surface area contributed by atoms with Crippen molar-refractivity contribution < 1.29 is 24.5 Å². The van der Waals surface area contributed by atoms with E-state index >= 15 is 0 Å². The predicted molar refractivity (Wildman–Crippen MR) is 113 cm³/mol. The number of hydrogen-bond acceptors (Lipinski definition) is 7. The summed E-state index contributed by atoms with van der Waals surface area (Å²) in [5, 5.41) is 23.6. The van der Waals surface area contributed by atoms with Crippen molar-refractivity contribution in [2.75, 3.05) is 39.5 Å². The van der Waals surface area contributed by atoms with Crippen LogP contribution in [0.3, 0.4) is 0 Å². The highest BCUT2D eigenvalue weighted by molar-refractivity contribution is 6.00. The van der Waals surface area contributed by atoms with Crippen molar-refractivity contribution in [2.24, 2.45) is 5.10 Å². The largest absolute Gasteiger partial charge is 0.508 e. The molecular formula is C22H27N3O5. The number of morpholine rings is 1. The third-order valence-electron chi connectivity index (χ3n) is 4.74. The van der Waals surface area contributed by atoms with Crippen LogP contribution >= 0.6 is 0 Å². The minimum absolute atomic E-state index is 0.173. The zero-order chi connectivity index (χ0) is 21.3. The van der Waals surface area contributed by atoms with Crippen molar-refractivity contribution in [3.8, 4) is 11.5 Å². The zero-order valence-electron chi connectivity index (χ0n) is 17.0. The van der Waals surface area contributed by atoms with Gasteiger partial charge in [0, 0.05) is 25.2 Å². The fraction of sp³-hybridized carbons (Fsp3) is 0.364.